The van der Waals surface area contributed by atoms with Crippen molar-refractivity contribution in [1.82, 2.24) is 0 Å². The van der Waals surface area contributed by atoms with Crippen LogP contribution in [0.25, 0.3) is 0 Å². The van der Waals surface area contributed by atoms with E-state index in [-0.39, 0.29) is 12.4 Å². The van der Waals surface area contributed by atoms with Crippen molar-refractivity contribution in [1.29, 1.82) is 0 Å². The number of esters is 1. The second-order valence-electron chi connectivity index (χ2n) is 1.66. The van der Waals surface area contributed by atoms with Crippen molar-refractivity contribution in [3.05, 3.63) is 0 Å². The van der Waals surface area contributed by atoms with Gasteiger partial charge in [0.25, 0.3) is 0 Å². The fourth-order valence-electron chi connectivity index (χ4n) is 0.427. The van der Waals surface area contributed by atoms with Crippen molar-refractivity contribution in [2.24, 2.45) is 0 Å². The monoisotopic (exact) mass is 208 g/mol. The highest BCUT2D eigenvalue weighted by Crippen LogP contribution is 2.02. The lowest BCUT2D eigenvalue weighted by molar-refractivity contribution is -0.143. The minimum atomic E-state index is -0.411. The summed E-state index contributed by atoms with van der Waals surface area (Å²) in [6.07, 6.45) is 0.772. The zero-order chi connectivity index (χ0) is 7.98. The van der Waals surface area contributed by atoms with Crippen LogP contribution in [0.4, 0.5) is 0 Å². The number of ether oxygens (including phenoxy) is 1. The van der Waals surface area contributed by atoms with Crippen molar-refractivity contribution in [2.45, 2.75) is 18.2 Å². The van der Waals surface area contributed by atoms with E-state index in [0.29, 0.717) is 12.9 Å². The van der Waals surface area contributed by atoms with Gasteiger partial charge >= 0.3 is 5.97 Å². The fraction of sp³-hybridized carbons (Fsp3) is 0.667. The SMILES string of the molecule is CCOC(=O)C[C@@H](Br)C=O. The third-order valence-corrected chi connectivity index (χ3v) is 1.35. The maximum Gasteiger partial charge on any atom is 0.307 e. The van der Waals surface area contributed by atoms with Crippen molar-refractivity contribution >= 4 is 28.2 Å². The maximum absolute atomic E-state index is 10.6. The summed E-state index contributed by atoms with van der Waals surface area (Å²) in [5, 5.41) is 0. The van der Waals surface area contributed by atoms with Gasteiger partial charge in [-0.1, -0.05) is 15.9 Å². The summed E-state index contributed by atoms with van der Waals surface area (Å²) in [7, 11) is 0. The minimum absolute atomic E-state index is 0.108. The van der Waals surface area contributed by atoms with E-state index in [1.807, 2.05) is 0 Å². The Balaban J connectivity index is 3.46. The summed E-state index contributed by atoms with van der Waals surface area (Å²) in [6.45, 7) is 2.08. The number of hydrogen-bond acceptors (Lipinski definition) is 3. The Morgan fingerprint density at radius 2 is 2.40 bits per heavy atom. The summed E-state index contributed by atoms with van der Waals surface area (Å²) < 4.78 is 4.59. The normalized spacial score (nSPS) is 12.2. The van der Waals surface area contributed by atoms with E-state index in [2.05, 4.69) is 20.7 Å². The van der Waals surface area contributed by atoms with Gasteiger partial charge in [0, 0.05) is 0 Å². The van der Waals surface area contributed by atoms with E-state index in [4.69, 9.17) is 0 Å². The molecule has 0 heterocycles. The zero-order valence-corrected chi connectivity index (χ0v) is 7.26. The lowest BCUT2D eigenvalue weighted by atomic mass is 10.3. The largest absolute Gasteiger partial charge is 0.466 e. The fourth-order valence-corrected chi connectivity index (χ4v) is 0.692. The first-order valence-electron chi connectivity index (χ1n) is 2.95. The third-order valence-electron chi connectivity index (χ3n) is 0.815. The van der Waals surface area contributed by atoms with E-state index < -0.39 is 4.83 Å². The zero-order valence-electron chi connectivity index (χ0n) is 5.67. The van der Waals surface area contributed by atoms with Gasteiger partial charge in [0.2, 0.25) is 0 Å². The molecule has 0 radical (unpaired) electrons. The van der Waals surface area contributed by atoms with E-state index in [0.717, 1.165) is 0 Å². The van der Waals surface area contributed by atoms with Gasteiger partial charge in [0.15, 0.2) is 0 Å². The number of hydrogen-bond donors (Lipinski definition) is 0. The van der Waals surface area contributed by atoms with Gasteiger partial charge in [-0.05, 0) is 6.92 Å². The van der Waals surface area contributed by atoms with Crippen LogP contribution in [0.1, 0.15) is 13.3 Å². The van der Waals surface area contributed by atoms with Crippen LogP contribution < -0.4 is 0 Å². The Kier molecular flexibility index (Phi) is 5.20. The summed E-state index contributed by atoms with van der Waals surface area (Å²) >= 11 is 2.98. The molecule has 10 heavy (non-hydrogen) atoms. The number of alkyl halides is 1. The summed E-state index contributed by atoms with van der Waals surface area (Å²) in [5.74, 6) is -0.350. The summed E-state index contributed by atoms with van der Waals surface area (Å²) in [5.41, 5.74) is 0. The molecule has 0 aromatic rings. The Morgan fingerprint density at radius 3 is 2.80 bits per heavy atom. The molecule has 0 spiro atoms. The maximum atomic E-state index is 10.6. The van der Waals surface area contributed by atoms with Gasteiger partial charge in [-0.3, -0.25) is 4.79 Å². The van der Waals surface area contributed by atoms with Crippen LogP contribution in [0.2, 0.25) is 0 Å². The topological polar surface area (TPSA) is 43.4 Å². The molecule has 3 nitrogen and oxygen atoms in total. The Bertz CT molecular complexity index is 124. The first kappa shape index (κ1) is 9.62. The van der Waals surface area contributed by atoms with Crippen LogP contribution in [0, 0.1) is 0 Å². The van der Waals surface area contributed by atoms with E-state index in [1.165, 1.54) is 0 Å². The molecule has 0 fully saturated rings. The molecule has 0 saturated heterocycles. The van der Waals surface area contributed by atoms with Gasteiger partial charge in [-0.2, -0.15) is 0 Å². The molecule has 0 aromatic heterocycles. The average Bonchev–Trinajstić information content (AvgIpc) is 1.88. The lowest BCUT2D eigenvalue weighted by Crippen LogP contribution is -2.11. The van der Waals surface area contributed by atoms with Crippen molar-refractivity contribution in [2.75, 3.05) is 6.61 Å². The Labute approximate surface area is 67.9 Å². The first-order chi connectivity index (χ1) is 4.70. The van der Waals surface area contributed by atoms with Gasteiger partial charge in [0.1, 0.15) is 6.29 Å². The second kappa shape index (κ2) is 5.41. The molecule has 0 aliphatic carbocycles. The highest BCUT2D eigenvalue weighted by atomic mass is 79.9. The highest BCUT2D eigenvalue weighted by molar-refractivity contribution is 9.10. The Hall–Kier alpha value is -0.380. The van der Waals surface area contributed by atoms with Crippen LogP contribution in [0.15, 0.2) is 0 Å². The molecule has 1 atom stereocenters. The van der Waals surface area contributed by atoms with Crippen LogP contribution >= 0.6 is 15.9 Å². The van der Waals surface area contributed by atoms with Crippen LogP contribution in [0.3, 0.4) is 0 Å². The van der Waals surface area contributed by atoms with Crippen LogP contribution in [-0.4, -0.2) is 23.7 Å². The predicted octanol–water partition coefficient (Wildman–Crippen LogP) is 0.902. The molecule has 0 aliphatic rings. The summed E-state index contributed by atoms with van der Waals surface area (Å²) in [6, 6.07) is 0. The summed E-state index contributed by atoms with van der Waals surface area (Å²) in [4.78, 5) is 20.2. The number of rotatable bonds is 4. The van der Waals surface area contributed by atoms with Crippen molar-refractivity contribution < 1.29 is 14.3 Å². The number of carbonyl (C=O) groups is 2. The van der Waals surface area contributed by atoms with Crippen LogP contribution in [0.5, 0.6) is 0 Å². The molecule has 4 heteroatoms. The lowest BCUT2D eigenvalue weighted by Gasteiger charge is -2.00. The van der Waals surface area contributed by atoms with Gasteiger partial charge in [-0.25, -0.2) is 0 Å². The number of aldehydes is 1. The first-order valence-corrected chi connectivity index (χ1v) is 3.87. The van der Waals surface area contributed by atoms with Gasteiger partial charge < -0.3 is 9.53 Å². The smallest absolute Gasteiger partial charge is 0.307 e. The second-order valence-corrected chi connectivity index (χ2v) is 2.84. The number of carbonyl (C=O) groups excluding carboxylic acids is 2. The molecule has 0 aliphatic heterocycles. The van der Waals surface area contributed by atoms with Crippen LogP contribution in [-0.2, 0) is 14.3 Å². The standard InChI is InChI=1S/C6H9BrO3/c1-2-10-6(9)3-5(7)4-8/h4-5H,2-3H2,1H3/t5-/m1/s1. The van der Waals surface area contributed by atoms with E-state index in [1.54, 1.807) is 6.92 Å². The molecule has 0 amide bonds. The van der Waals surface area contributed by atoms with E-state index >= 15 is 0 Å². The van der Waals surface area contributed by atoms with E-state index in [9.17, 15) is 9.59 Å². The molecule has 0 saturated carbocycles. The third kappa shape index (κ3) is 4.49. The van der Waals surface area contributed by atoms with Gasteiger partial charge in [-0.15, -0.1) is 0 Å². The molecule has 0 bridgehead atoms. The molecule has 0 N–H and O–H groups in total. The molecular weight excluding hydrogens is 200 g/mol. The van der Waals surface area contributed by atoms with Gasteiger partial charge in [0.05, 0.1) is 17.9 Å². The quantitative estimate of drug-likeness (QED) is 0.392. The predicted molar refractivity (Wildman–Crippen MR) is 40.0 cm³/mol. The molecule has 0 rings (SSSR count). The van der Waals surface area contributed by atoms with Crippen molar-refractivity contribution in [3.8, 4) is 0 Å². The average molecular weight is 209 g/mol. The van der Waals surface area contributed by atoms with Crippen molar-refractivity contribution in [3.63, 3.8) is 0 Å². The molecule has 0 unspecified atom stereocenters. The molecular formula is C6H9BrO3. The molecule has 0 aromatic carbocycles. The Morgan fingerprint density at radius 1 is 1.80 bits per heavy atom. The molecule has 58 valence electrons. The highest BCUT2D eigenvalue weighted by Gasteiger charge is 2.08. The number of halogens is 1. The minimum Gasteiger partial charge on any atom is -0.466 e.